The molecule has 0 unspecified atom stereocenters. The number of hydrogen-bond acceptors (Lipinski definition) is 5. The first-order valence-corrected chi connectivity index (χ1v) is 9.95. The number of benzene rings is 1. The number of alkyl halides is 1. The fourth-order valence-electron chi connectivity index (χ4n) is 2.94. The minimum absolute atomic E-state index is 0.0918. The van der Waals surface area contributed by atoms with Crippen LogP contribution in [0.1, 0.15) is 41.2 Å². The van der Waals surface area contributed by atoms with Crippen LogP contribution in [0, 0.1) is 11.3 Å². The Kier molecular flexibility index (Phi) is 6.07. The predicted molar refractivity (Wildman–Crippen MR) is 109 cm³/mol. The molecule has 0 atom stereocenters. The normalized spacial score (nSPS) is 14.2. The summed E-state index contributed by atoms with van der Waals surface area (Å²) >= 11 is 1.50. The van der Waals surface area contributed by atoms with Crippen LogP contribution in [0.5, 0.6) is 0 Å². The van der Waals surface area contributed by atoms with E-state index in [1.165, 1.54) is 23.7 Å². The summed E-state index contributed by atoms with van der Waals surface area (Å²) in [6.07, 6.45) is 4.37. The average molecular weight is 386 g/mol. The summed E-state index contributed by atoms with van der Waals surface area (Å²) in [6.45, 7) is -0.313. The maximum Gasteiger partial charge on any atom is 0.221 e. The van der Waals surface area contributed by atoms with E-state index in [-0.39, 0.29) is 18.0 Å². The number of nitrogens with zero attached hydrogens (tertiary/aromatic N) is 2. The minimum Gasteiger partial charge on any atom is -0.382 e. The fraction of sp³-hybridized carbons (Fsp3) is 0.400. The molecule has 5 nitrogen and oxygen atoms in total. The van der Waals surface area contributed by atoms with Crippen LogP contribution >= 0.6 is 11.9 Å². The largest absolute Gasteiger partial charge is 0.382 e. The highest BCUT2D eigenvalue weighted by Crippen LogP contribution is 2.45. The summed E-state index contributed by atoms with van der Waals surface area (Å²) in [7, 11) is 3.55. The Balaban J connectivity index is 1.90. The van der Waals surface area contributed by atoms with E-state index in [1.54, 1.807) is 19.0 Å². The van der Waals surface area contributed by atoms with Gasteiger partial charge in [0.15, 0.2) is 0 Å². The number of H-pyrrole nitrogens is 1. The van der Waals surface area contributed by atoms with Gasteiger partial charge in [-0.15, -0.1) is 0 Å². The average Bonchev–Trinajstić information content (AvgIpc) is 3.41. The fourth-order valence-corrected chi connectivity index (χ4v) is 3.63. The Morgan fingerprint density at radius 2 is 2.22 bits per heavy atom. The molecule has 1 fully saturated rings. The van der Waals surface area contributed by atoms with Gasteiger partial charge in [-0.25, -0.2) is 0 Å². The number of nitriles is 1. The maximum atomic E-state index is 12.6. The molecule has 2 N–H and O–H groups in total. The third-order valence-electron chi connectivity index (χ3n) is 4.37. The van der Waals surface area contributed by atoms with Crippen LogP contribution in [0.3, 0.4) is 0 Å². The number of rotatable bonds is 9. The molecule has 0 radical (unpaired) electrons. The van der Waals surface area contributed by atoms with Crippen molar-refractivity contribution in [1.29, 1.82) is 5.26 Å². The van der Waals surface area contributed by atoms with Crippen molar-refractivity contribution in [2.45, 2.75) is 25.2 Å². The molecule has 2 aromatic rings. The summed E-state index contributed by atoms with van der Waals surface area (Å²) in [6, 6.07) is 7.90. The number of halogens is 1. The highest BCUT2D eigenvalue weighted by molar-refractivity contribution is 8.00. The van der Waals surface area contributed by atoms with E-state index in [9.17, 15) is 14.4 Å². The number of ketones is 1. The van der Waals surface area contributed by atoms with Crippen LogP contribution in [-0.2, 0) is 0 Å². The van der Waals surface area contributed by atoms with E-state index < -0.39 is 0 Å². The summed E-state index contributed by atoms with van der Waals surface area (Å²) in [5.74, 6) is 0.923. The monoisotopic (exact) mass is 386 g/mol. The van der Waals surface area contributed by atoms with Gasteiger partial charge in [-0.1, -0.05) is 11.9 Å². The van der Waals surface area contributed by atoms with E-state index in [2.05, 4.69) is 15.8 Å². The van der Waals surface area contributed by atoms with Crippen molar-refractivity contribution in [1.82, 2.24) is 9.88 Å². The SMILES string of the molecule is CN(C)/C=C(\C#N)C(=O)c1cc2cc(C3CC3)c(NSCCCF)cc2[nH]1. The molecule has 1 saturated carbocycles. The summed E-state index contributed by atoms with van der Waals surface area (Å²) in [4.78, 5) is 17.5. The van der Waals surface area contributed by atoms with Gasteiger partial charge in [-0.3, -0.25) is 9.18 Å². The van der Waals surface area contributed by atoms with Crippen LogP contribution in [0.2, 0.25) is 0 Å². The zero-order valence-corrected chi connectivity index (χ0v) is 16.3. The van der Waals surface area contributed by atoms with E-state index in [0.717, 1.165) is 29.4 Å². The second kappa shape index (κ2) is 8.49. The molecule has 1 heterocycles. The molecule has 1 aliphatic rings. The number of carbonyl (C=O) groups excluding carboxylic acids is 1. The smallest absolute Gasteiger partial charge is 0.221 e. The van der Waals surface area contributed by atoms with Gasteiger partial charge in [0.2, 0.25) is 5.78 Å². The third kappa shape index (κ3) is 4.64. The Labute approximate surface area is 162 Å². The zero-order valence-electron chi connectivity index (χ0n) is 15.5. The summed E-state index contributed by atoms with van der Waals surface area (Å²) < 4.78 is 15.6. The number of nitrogens with one attached hydrogen (secondary N) is 2. The summed E-state index contributed by atoms with van der Waals surface area (Å²) in [5, 5.41) is 10.2. The Morgan fingerprint density at radius 3 is 2.85 bits per heavy atom. The molecule has 7 heteroatoms. The minimum atomic E-state index is -0.317. The van der Waals surface area contributed by atoms with Crippen molar-refractivity contribution < 1.29 is 9.18 Å². The molecule has 27 heavy (non-hydrogen) atoms. The topological polar surface area (TPSA) is 71.9 Å². The van der Waals surface area contributed by atoms with E-state index in [0.29, 0.717) is 23.8 Å². The van der Waals surface area contributed by atoms with Gasteiger partial charge in [-0.2, -0.15) is 5.26 Å². The first-order chi connectivity index (χ1) is 13.0. The van der Waals surface area contributed by atoms with Crippen LogP contribution in [0.15, 0.2) is 30.0 Å². The number of aromatic amines is 1. The lowest BCUT2D eigenvalue weighted by atomic mass is 10.1. The van der Waals surface area contributed by atoms with Gasteiger partial charge in [0.1, 0.15) is 11.6 Å². The maximum absolute atomic E-state index is 12.6. The third-order valence-corrected chi connectivity index (χ3v) is 5.22. The molecule has 1 aliphatic carbocycles. The quantitative estimate of drug-likeness (QED) is 0.216. The van der Waals surface area contributed by atoms with Crippen LogP contribution < -0.4 is 4.72 Å². The van der Waals surface area contributed by atoms with Crippen molar-refractivity contribution in [3.05, 3.63) is 41.2 Å². The number of carbonyl (C=O) groups is 1. The van der Waals surface area contributed by atoms with Gasteiger partial charge in [-0.05, 0) is 48.9 Å². The van der Waals surface area contributed by atoms with Gasteiger partial charge in [0.25, 0.3) is 0 Å². The van der Waals surface area contributed by atoms with Crippen molar-refractivity contribution in [3.8, 4) is 6.07 Å². The first-order valence-electron chi connectivity index (χ1n) is 8.97. The lowest BCUT2D eigenvalue weighted by Gasteiger charge is -2.11. The van der Waals surface area contributed by atoms with Gasteiger partial charge in [0, 0.05) is 42.6 Å². The number of hydrogen-bond donors (Lipinski definition) is 2. The lowest BCUT2D eigenvalue weighted by Crippen LogP contribution is -2.09. The van der Waals surface area contributed by atoms with Gasteiger partial charge < -0.3 is 14.6 Å². The van der Waals surface area contributed by atoms with Crippen molar-refractivity contribution in [3.63, 3.8) is 0 Å². The molecule has 0 spiro atoms. The standard InChI is InChI=1S/C20H23FN4OS/c1-25(2)12-15(11-22)20(26)19-9-14-8-16(13-4-5-13)18(10-17(14)23-19)24-27-7-3-6-21/h8-10,12-13,23-24H,3-7H2,1-2H3/b15-12+. The van der Waals surface area contributed by atoms with Crippen LogP contribution in [0.25, 0.3) is 10.9 Å². The van der Waals surface area contributed by atoms with E-state index in [4.69, 9.17) is 0 Å². The number of Topliss-reactive ketones (excluding diaryl/α,β-unsaturated/α-hetero) is 1. The molecule has 0 saturated heterocycles. The molecule has 0 aliphatic heterocycles. The Bertz CT molecular complexity index is 909. The molecular formula is C20H23FN4OS. The summed E-state index contributed by atoms with van der Waals surface area (Å²) in [5.41, 5.74) is 3.59. The van der Waals surface area contributed by atoms with E-state index >= 15 is 0 Å². The highest BCUT2D eigenvalue weighted by atomic mass is 32.2. The Hall–Kier alpha value is -2.46. The molecule has 0 amide bonds. The lowest BCUT2D eigenvalue weighted by molar-refractivity contribution is 0.103. The number of aromatic nitrogens is 1. The molecule has 1 aromatic heterocycles. The molecule has 0 bridgehead atoms. The Morgan fingerprint density at radius 1 is 1.44 bits per heavy atom. The number of allylic oxidation sites excluding steroid dienone is 1. The highest BCUT2D eigenvalue weighted by Gasteiger charge is 2.27. The van der Waals surface area contributed by atoms with Crippen LogP contribution in [0.4, 0.5) is 10.1 Å². The van der Waals surface area contributed by atoms with Gasteiger partial charge >= 0.3 is 0 Å². The molecule has 1 aromatic carbocycles. The van der Waals surface area contributed by atoms with Crippen molar-refractivity contribution in [2.24, 2.45) is 0 Å². The molecule has 142 valence electrons. The second-order valence-corrected chi connectivity index (χ2v) is 7.83. The second-order valence-electron chi connectivity index (χ2n) is 6.92. The number of fused-ring (bicyclic) bond motifs is 1. The van der Waals surface area contributed by atoms with Crippen LogP contribution in [-0.4, -0.2) is 42.2 Å². The molecule has 3 rings (SSSR count). The van der Waals surface area contributed by atoms with Crippen molar-refractivity contribution >= 4 is 34.3 Å². The van der Waals surface area contributed by atoms with Gasteiger partial charge in [0.05, 0.1) is 12.4 Å². The predicted octanol–water partition coefficient (Wildman–Crippen LogP) is 4.62. The first kappa shape index (κ1) is 19.3. The molecular weight excluding hydrogens is 363 g/mol. The number of anilines is 1. The van der Waals surface area contributed by atoms with E-state index in [1.807, 2.05) is 18.2 Å². The van der Waals surface area contributed by atoms with Crippen molar-refractivity contribution in [2.75, 3.05) is 31.2 Å². The zero-order chi connectivity index (χ0) is 19.4.